The summed E-state index contributed by atoms with van der Waals surface area (Å²) in [5.41, 5.74) is 0. The molecule has 1 rings (SSSR count). The topological polar surface area (TPSA) is 186 Å². The van der Waals surface area contributed by atoms with E-state index < -0.39 is 62.6 Å². The van der Waals surface area contributed by atoms with Gasteiger partial charge in [0.2, 0.25) is 0 Å². The van der Waals surface area contributed by atoms with Gasteiger partial charge in [0.15, 0.2) is 6.10 Å². The first-order valence-corrected chi connectivity index (χ1v) is 24.3. The van der Waals surface area contributed by atoms with Gasteiger partial charge in [0.1, 0.15) is 25.5 Å². The van der Waals surface area contributed by atoms with Crippen LogP contribution in [0.4, 0.5) is 0 Å². The molecule has 0 bridgehead atoms. The summed E-state index contributed by atoms with van der Waals surface area (Å²) in [6.45, 7) is 3.67. The van der Waals surface area contributed by atoms with Crippen LogP contribution in [0.1, 0.15) is 129 Å². The van der Waals surface area contributed by atoms with Crippen LogP contribution in [0.15, 0.2) is 72.9 Å². The van der Waals surface area contributed by atoms with Crippen LogP contribution in [0.5, 0.6) is 0 Å². The minimum absolute atomic E-state index is 0.0484. The summed E-state index contributed by atoms with van der Waals surface area (Å²) in [7, 11) is 1.20. The van der Waals surface area contributed by atoms with Crippen molar-refractivity contribution in [2.75, 3.05) is 47.5 Å². The lowest BCUT2D eigenvalue weighted by Gasteiger charge is -2.24. The summed E-state index contributed by atoms with van der Waals surface area (Å²) in [5, 5.41) is 31.4. The number of hydrogen-bond acceptors (Lipinski definition) is 11. The van der Waals surface area contributed by atoms with Crippen LogP contribution < -0.4 is 0 Å². The van der Waals surface area contributed by atoms with Gasteiger partial charge in [-0.3, -0.25) is 23.4 Å². The summed E-state index contributed by atoms with van der Waals surface area (Å²) in [6.07, 6.45) is 31.6. The van der Waals surface area contributed by atoms with E-state index in [9.17, 15) is 39.2 Å². The summed E-state index contributed by atoms with van der Waals surface area (Å²) in [5.74, 6) is -2.19. The molecule has 62 heavy (non-hydrogen) atoms. The molecule has 13 nitrogen and oxygen atoms in total. The van der Waals surface area contributed by atoms with Crippen molar-refractivity contribution in [1.29, 1.82) is 0 Å². The summed E-state index contributed by atoms with van der Waals surface area (Å²) in [4.78, 5) is 48.5. The third kappa shape index (κ3) is 30.9. The lowest BCUT2D eigenvalue weighted by Crippen LogP contribution is -2.37. The van der Waals surface area contributed by atoms with Crippen molar-refractivity contribution in [2.24, 2.45) is 11.8 Å². The Hall–Kier alpha value is -3.00. The van der Waals surface area contributed by atoms with Gasteiger partial charge < -0.3 is 34.2 Å². The summed E-state index contributed by atoms with van der Waals surface area (Å²) in [6, 6.07) is 0. The quantitative estimate of drug-likeness (QED) is 0.0155. The van der Waals surface area contributed by atoms with Crippen LogP contribution in [0.25, 0.3) is 0 Å². The fraction of sp³-hybridized carbons (Fsp3) is 0.688. The average Bonchev–Trinajstić information content (AvgIpc) is 3.47. The van der Waals surface area contributed by atoms with Gasteiger partial charge in [-0.15, -0.1) is 0 Å². The minimum atomic E-state index is -4.50. The number of ketones is 1. The van der Waals surface area contributed by atoms with Gasteiger partial charge in [0.05, 0.1) is 46.1 Å². The van der Waals surface area contributed by atoms with Crippen LogP contribution in [-0.2, 0) is 37.5 Å². The van der Waals surface area contributed by atoms with E-state index in [0.717, 1.165) is 51.4 Å². The molecule has 7 atom stereocenters. The number of rotatable bonds is 36. The number of phosphoric acid groups is 1. The van der Waals surface area contributed by atoms with Crippen LogP contribution >= 0.6 is 7.82 Å². The van der Waals surface area contributed by atoms with Crippen molar-refractivity contribution < 1.29 is 62.2 Å². The van der Waals surface area contributed by atoms with Crippen LogP contribution in [-0.4, -0.2) is 114 Å². The molecule has 0 aliphatic heterocycles. The zero-order valence-electron chi connectivity index (χ0n) is 38.4. The molecular weight excluding hydrogens is 813 g/mol. The third-order valence-electron chi connectivity index (χ3n) is 10.2. The van der Waals surface area contributed by atoms with E-state index >= 15 is 0 Å². The van der Waals surface area contributed by atoms with E-state index in [1.807, 2.05) is 33.3 Å². The highest BCUT2D eigenvalue weighted by atomic mass is 31.2. The minimum Gasteiger partial charge on any atom is -0.462 e. The maximum atomic E-state index is 12.9. The number of esters is 2. The van der Waals surface area contributed by atoms with Gasteiger partial charge in [0.25, 0.3) is 0 Å². The first kappa shape index (κ1) is 57.0. The van der Waals surface area contributed by atoms with E-state index in [1.54, 1.807) is 12.2 Å². The van der Waals surface area contributed by atoms with Gasteiger partial charge in [0, 0.05) is 43.9 Å². The van der Waals surface area contributed by atoms with Gasteiger partial charge in [-0.05, 0) is 64.2 Å². The highest BCUT2D eigenvalue weighted by Gasteiger charge is 2.41. The number of quaternary nitrogens is 1. The lowest BCUT2D eigenvalue weighted by atomic mass is 9.87. The Kier molecular flexibility index (Phi) is 31.6. The molecular formula is C48H81NO12P+. The molecule has 0 aromatic heterocycles. The molecule has 1 aliphatic carbocycles. The van der Waals surface area contributed by atoms with E-state index in [4.69, 9.17) is 18.5 Å². The fourth-order valence-corrected chi connectivity index (χ4v) is 7.32. The molecule has 0 saturated heterocycles. The molecule has 354 valence electrons. The number of allylic oxidation sites excluding steroid dienone is 10. The summed E-state index contributed by atoms with van der Waals surface area (Å²) < 4.78 is 34.1. The second-order valence-electron chi connectivity index (χ2n) is 17.0. The number of aliphatic hydroxyl groups excluding tert-OH is 3. The molecule has 0 radical (unpaired) electrons. The smallest absolute Gasteiger partial charge is 0.462 e. The Labute approximate surface area is 372 Å². The van der Waals surface area contributed by atoms with E-state index in [0.29, 0.717) is 43.1 Å². The highest BCUT2D eigenvalue weighted by molar-refractivity contribution is 7.47. The maximum absolute atomic E-state index is 12.9. The molecule has 1 unspecified atom stereocenters. The Morgan fingerprint density at radius 1 is 0.742 bits per heavy atom. The second-order valence-corrected chi connectivity index (χ2v) is 18.5. The summed E-state index contributed by atoms with van der Waals surface area (Å²) >= 11 is 0. The highest BCUT2D eigenvalue weighted by Crippen LogP contribution is 2.43. The fourth-order valence-electron chi connectivity index (χ4n) is 6.57. The number of likely N-dealkylation sites (N-methyl/N-ethyl adjacent to an activating group) is 1. The monoisotopic (exact) mass is 895 g/mol. The van der Waals surface area contributed by atoms with Crippen LogP contribution in [0, 0.1) is 11.8 Å². The molecule has 0 amide bonds. The number of hydrogen-bond donors (Lipinski definition) is 4. The van der Waals surface area contributed by atoms with E-state index in [-0.39, 0.29) is 51.1 Å². The Balaban J connectivity index is 2.56. The van der Waals surface area contributed by atoms with Gasteiger partial charge >= 0.3 is 19.8 Å². The molecule has 14 heteroatoms. The number of carbonyl (C=O) groups excluding carboxylic acids is 3. The number of carbonyl (C=O) groups is 3. The largest absolute Gasteiger partial charge is 0.472 e. The van der Waals surface area contributed by atoms with Crippen molar-refractivity contribution in [3.05, 3.63) is 72.9 Å². The Bertz CT molecular complexity index is 1470. The van der Waals surface area contributed by atoms with Crippen molar-refractivity contribution in [3.8, 4) is 0 Å². The first-order valence-electron chi connectivity index (χ1n) is 22.8. The number of unbranched alkanes of at least 4 members (excludes halogenated alkanes) is 4. The maximum Gasteiger partial charge on any atom is 0.472 e. The standard InChI is InChI=1S/C48H80NO12P/c1-6-8-10-11-12-13-14-15-16-17-18-19-20-21-22-23-25-30-47(54)58-38-42(39-60-62(56,57)59-35-34-49(3,4)5)61-48(55)31-27-26-29-41(51)36-44-43(45(52)37-46(44)53)33-32-40(50)28-24-9-7-2/h8,10,12-13,15-16,18-19,21-22,32-33,40,42-46,50,52-53H,6-7,9,11,14,17,20,23-31,34-39H2,1-5H3/p+1/b10-8-,13-12-,16-15-,19-18-,22-21-,33-32+/t40-,42+,43+,44+,45+,46-/m0/s1. The lowest BCUT2D eigenvalue weighted by molar-refractivity contribution is -0.870. The number of phosphoric ester groups is 1. The first-order chi connectivity index (χ1) is 29.6. The molecule has 1 saturated carbocycles. The Morgan fingerprint density at radius 3 is 1.95 bits per heavy atom. The van der Waals surface area contributed by atoms with Crippen molar-refractivity contribution in [3.63, 3.8) is 0 Å². The van der Waals surface area contributed by atoms with E-state index in [1.165, 1.54) is 0 Å². The molecule has 0 spiro atoms. The third-order valence-corrected chi connectivity index (χ3v) is 11.2. The normalized spacial score (nSPS) is 20.7. The van der Waals surface area contributed by atoms with Crippen molar-refractivity contribution in [2.45, 2.75) is 154 Å². The number of aliphatic hydroxyl groups is 3. The van der Waals surface area contributed by atoms with E-state index in [2.05, 4.69) is 62.5 Å². The predicted octanol–water partition coefficient (Wildman–Crippen LogP) is 8.58. The average molecular weight is 895 g/mol. The number of ether oxygens (including phenoxy) is 2. The van der Waals surface area contributed by atoms with Gasteiger partial charge in [-0.2, -0.15) is 0 Å². The second kappa shape index (κ2) is 34.4. The van der Waals surface area contributed by atoms with Crippen molar-refractivity contribution in [1.82, 2.24) is 0 Å². The molecule has 4 N–H and O–H groups in total. The van der Waals surface area contributed by atoms with Crippen molar-refractivity contribution >= 4 is 25.5 Å². The predicted molar refractivity (Wildman–Crippen MR) is 245 cm³/mol. The van der Waals surface area contributed by atoms with Crippen LogP contribution in [0.3, 0.4) is 0 Å². The molecule has 1 fully saturated rings. The van der Waals surface area contributed by atoms with Crippen LogP contribution in [0.2, 0.25) is 0 Å². The molecule has 1 aliphatic rings. The number of nitrogens with zero attached hydrogens (tertiary/aromatic N) is 1. The number of Topliss-reactive ketones (excluding diaryl/α,β-unsaturated/α-hetero) is 1. The van der Waals surface area contributed by atoms with Gasteiger partial charge in [-0.25, -0.2) is 4.57 Å². The zero-order valence-corrected chi connectivity index (χ0v) is 39.3. The SMILES string of the molecule is CC/C=C\C/C=C\C/C=C\C/C=C\C/C=C\CCCC(=O)OC[C@H](COP(=O)(O)OCC[N+](C)(C)C)OC(=O)CCCCC(=O)C[C@@H]1[C@@H](/C=C/[C@@H](O)CCCCC)[C@H](O)C[C@@H]1O. The molecule has 0 heterocycles. The Morgan fingerprint density at radius 2 is 1.34 bits per heavy atom. The molecule has 0 aromatic rings. The zero-order chi connectivity index (χ0) is 46.1. The van der Waals surface area contributed by atoms with Gasteiger partial charge in [-0.1, -0.05) is 106 Å². The molecule has 0 aromatic carbocycles.